The van der Waals surface area contributed by atoms with Crippen molar-refractivity contribution in [2.75, 3.05) is 19.2 Å². The van der Waals surface area contributed by atoms with Crippen molar-refractivity contribution < 1.29 is 14.2 Å². The monoisotopic (exact) mass is 290 g/mol. The molecule has 0 atom stereocenters. The van der Waals surface area contributed by atoms with E-state index in [4.69, 9.17) is 14.2 Å². The normalized spacial score (nSPS) is 10.1. The maximum absolute atomic E-state index is 5.59. The number of rotatable bonds is 7. The summed E-state index contributed by atoms with van der Waals surface area (Å²) in [5.74, 6) is 2.80. The highest BCUT2D eigenvalue weighted by Crippen LogP contribution is 2.18. The number of aryl methyl sites for hydroxylation is 1. The second-order valence-electron chi connectivity index (χ2n) is 4.25. The summed E-state index contributed by atoms with van der Waals surface area (Å²) in [7, 11) is 0. The quantitative estimate of drug-likeness (QED) is 0.478. The predicted molar refractivity (Wildman–Crippen MR) is 83.1 cm³/mol. The van der Waals surface area contributed by atoms with Gasteiger partial charge >= 0.3 is 0 Å². The lowest BCUT2D eigenvalue weighted by atomic mass is 10.2. The van der Waals surface area contributed by atoms with E-state index in [1.54, 1.807) is 0 Å². The summed E-state index contributed by atoms with van der Waals surface area (Å²) in [6, 6.07) is 15.4. The van der Waals surface area contributed by atoms with Gasteiger partial charge in [-0.15, -0.1) is 12.6 Å². The Balaban J connectivity index is 1.71. The first-order valence-corrected chi connectivity index (χ1v) is 7.07. The molecule has 0 aliphatic heterocycles. The maximum atomic E-state index is 5.59. The van der Waals surface area contributed by atoms with Crippen LogP contribution < -0.4 is 14.2 Å². The number of benzene rings is 2. The Labute approximate surface area is 124 Å². The highest BCUT2D eigenvalue weighted by Gasteiger charge is 1.97. The van der Waals surface area contributed by atoms with Gasteiger partial charge in [-0.05, 0) is 43.3 Å². The Morgan fingerprint density at radius 2 is 1.10 bits per heavy atom. The molecule has 0 heterocycles. The first-order chi connectivity index (χ1) is 9.78. The van der Waals surface area contributed by atoms with Crippen LogP contribution in [0, 0.1) is 6.92 Å². The van der Waals surface area contributed by atoms with Gasteiger partial charge in [0.25, 0.3) is 0 Å². The van der Waals surface area contributed by atoms with Crippen molar-refractivity contribution in [3.8, 4) is 17.2 Å². The van der Waals surface area contributed by atoms with Crippen molar-refractivity contribution in [3.05, 3.63) is 54.1 Å². The summed E-state index contributed by atoms with van der Waals surface area (Å²) in [5.41, 5.74) is 1.22. The summed E-state index contributed by atoms with van der Waals surface area (Å²) < 4.78 is 16.4. The van der Waals surface area contributed by atoms with Crippen LogP contribution in [0.4, 0.5) is 0 Å². The van der Waals surface area contributed by atoms with E-state index in [-0.39, 0.29) is 0 Å². The minimum Gasteiger partial charge on any atom is -0.490 e. The molecule has 0 fully saturated rings. The van der Waals surface area contributed by atoms with Gasteiger partial charge in [-0.2, -0.15) is 0 Å². The molecule has 0 unspecified atom stereocenters. The maximum Gasteiger partial charge on any atom is 0.131 e. The molecule has 0 bridgehead atoms. The van der Waals surface area contributed by atoms with E-state index in [1.165, 1.54) is 5.56 Å². The van der Waals surface area contributed by atoms with Gasteiger partial charge in [0.15, 0.2) is 0 Å². The number of hydrogen-bond donors (Lipinski definition) is 1. The van der Waals surface area contributed by atoms with Crippen LogP contribution in [-0.2, 0) is 0 Å². The minimum absolute atomic E-state index is 0.366. The summed E-state index contributed by atoms with van der Waals surface area (Å²) in [4.78, 5) is 0. The first kappa shape index (κ1) is 14.6. The van der Waals surface area contributed by atoms with E-state index in [1.807, 2.05) is 55.5 Å². The minimum atomic E-state index is 0.366. The standard InChI is InChI=1S/C16H18O3S/c1-13-2-4-14(5-3-13)17-10-11-18-15-6-8-16(9-7-15)19-12-20/h2-9,20H,10-12H2,1H3. The van der Waals surface area contributed by atoms with Crippen molar-refractivity contribution in [1.29, 1.82) is 0 Å². The van der Waals surface area contributed by atoms with Crippen LogP contribution in [0.5, 0.6) is 17.2 Å². The van der Waals surface area contributed by atoms with Crippen LogP contribution in [0.2, 0.25) is 0 Å². The Morgan fingerprint density at radius 3 is 1.55 bits per heavy atom. The Morgan fingerprint density at radius 1 is 0.700 bits per heavy atom. The SMILES string of the molecule is Cc1ccc(OCCOc2ccc(OCS)cc2)cc1. The lowest BCUT2D eigenvalue weighted by molar-refractivity contribution is 0.217. The lowest BCUT2D eigenvalue weighted by Crippen LogP contribution is -2.08. The zero-order valence-electron chi connectivity index (χ0n) is 11.4. The second-order valence-corrected chi connectivity index (χ2v) is 4.51. The average Bonchev–Trinajstić information content (AvgIpc) is 2.47. The van der Waals surface area contributed by atoms with Crippen molar-refractivity contribution >= 4 is 12.6 Å². The third-order valence-electron chi connectivity index (χ3n) is 2.70. The fraction of sp³-hybridized carbons (Fsp3) is 0.250. The number of hydrogen-bond acceptors (Lipinski definition) is 4. The largest absolute Gasteiger partial charge is 0.490 e. The number of thiol groups is 1. The third kappa shape index (κ3) is 4.70. The molecule has 20 heavy (non-hydrogen) atoms. The van der Waals surface area contributed by atoms with Crippen LogP contribution in [0.3, 0.4) is 0 Å². The fourth-order valence-corrected chi connectivity index (χ4v) is 1.81. The molecule has 0 saturated carbocycles. The van der Waals surface area contributed by atoms with E-state index in [9.17, 15) is 0 Å². The third-order valence-corrected chi connectivity index (χ3v) is 2.83. The van der Waals surface area contributed by atoms with E-state index < -0.39 is 0 Å². The van der Waals surface area contributed by atoms with E-state index in [0.29, 0.717) is 19.2 Å². The Hall–Kier alpha value is -1.81. The molecule has 106 valence electrons. The van der Waals surface area contributed by atoms with Crippen LogP contribution in [0.1, 0.15) is 5.56 Å². The molecule has 0 saturated heterocycles. The van der Waals surface area contributed by atoms with Crippen LogP contribution >= 0.6 is 12.6 Å². The summed E-state index contributed by atoms with van der Waals surface area (Å²) in [5, 5.41) is 0. The molecule has 0 N–H and O–H groups in total. The van der Waals surface area contributed by atoms with Gasteiger partial charge in [0, 0.05) is 0 Å². The molecule has 2 aromatic carbocycles. The molecule has 0 aromatic heterocycles. The molecular weight excluding hydrogens is 272 g/mol. The van der Waals surface area contributed by atoms with Gasteiger partial charge in [-0.3, -0.25) is 0 Å². The van der Waals surface area contributed by atoms with Gasteiger partial charge in [-0.25, -0.2) is 0 Å². The molecule has 4 heteroatoms. The van der Waals surface area contributed by atoms with Crippen molar-refractivity contribution in [2.45, 2.75) is 6.92 Å². The molecule has 2 rings (SSSR count). The van der Waals surface area contributed by atoms with Crippen molar-refractivity contribution in [2.24, 2.45) is 0 Å². The highest BCUT2D eigenvalue weighted by atomic mass is 32.1. The predicted octanol–water partition coefficient (Wildman–Crippen LogP) is 3.72. The topological polar surface area (TPSA) is 27.7 Å². The van der Waals surface area contributed by atoms with E-state index >= 15 is 0 Å². The molecular formula is C16H18O3S. The van der Waals surface area contributed by atoms with Gasteiger partial charge in [0.2, 0.25) is 0 Å². The summed E-state index contributed by atoms with van der Waals surface area (Å²) in [6.07, 6.45) is 0. The van der Waals surface area contributed by atoms with Crippen LogP contribution in [0.25, 0.3) is 0 Å². The fourth-order valence-electron chi connectivity index (χ4n) is 1.66. The molecule has 0 spiro atoms. The van der Waals surface area contributed by atoms with Gasteiger partial charge in [0.05, 0.1) is 0 Å². The molecule has 0 radical (unpaired) electrons. The average molecular weight is 290 g/mol. The molecule has 0 aliphatic rings. The van der Waals surface area contributed by atoms with Crippen LogP contribution in [0.15, 0.2) is 48.5 Å². The van der Waals surface area contributed by atoms with Crippen molar-refractivity contribution in [1.82, 2.24) is 0 Å². The molecule has 0 amide bonds. The van der Waals surface area contributed by atoms with Gasteiger partial charge in [0.1, 0.15) is 36.4 Å². The molecule has 2 aromatic rings. The highest BCUT2D eigenvalue weighted by molar-refractivity contribution is 7.80. The Bertz CT molecular complexity index is 508. The zero-order valence-corrected chi connectivity index (χ0v) is 12.3. The zero-order chi connectivity index (χ0) is 14.2. The number of ether oxygens (including phenoxy) is 3. The molecule has 0 aliphatic carbocycles. The van der Waals surface area contributed by atoms with Gasteiger partial charge in [-0.1, -0.05) is 17.7 Å². The Kier molecular flexibility index (Phi) is 5.62. The summed E-state index contributed by atoms with van der Waals surface area (Å²) >= 11 is 4.00. The second kappa shape index (κ2) is 7.70. The van der Waals surface area contributed by atoms with E-state index in [2.05, 4.69) is 12.6 Å². The lowest BCUT2D eigenvalue weighted by Gasteiger charge is -2.09. The van der Waals surface area contributed by atoms with Crippen LogP contribution in [-0.4, -0.2) is 19.2 Å². The first-order valence-electron chi connectivity index (χ1n) is 6.44. The van der Waals surface area contributed by atoms with Gasteiger partial charge < -0.3 is 14.2 Å². The summed E-state index contributed by atoms with van der Waals surface area (Å²) in [6.45, 7) is 3.06. The smallest absolute Gasteiger partial charge is 0.131 e. The molecule has 3 nitrogen and oxygen atoms in total. The van der Waals surface area contributed by atoms with E-state index in [0.717, 1.165) is 17.2 Å². The van der Waals surface area contributed by atoms with Crippen molar-refractivity contribution in [3.63, 3.8) is 0 Å².